The lowest BCUT2D eigenvalue weighted by Crippen LogP contribution is -2.25. The summed E-state index contributed by atoms with van der Waals surface area (Å²) in [5.74, 6) is -0.368. The van der Waals surface area contributed by atoms with Crippen molar-refractivity contribution in [3.8, 4) is 0 Å². The van der Waals surface area contributed by atoms with Crippen LogP contribution in [-0.4, -0.2) is 18.5 Å². The summed E-state index contributed by atoms with van der Waals surface area (Å²) >= 11 is 0. The third-order valence-corrected chi connectivity index (χ3v) is 2.66. The number of carbonyl (C=O) groups excluding carboxylic acids is 1. The first-order chi connectivity index (χ1) is 7.63. The summed E-state index contributed by atoms with van der Waals surface area (Å²) in [4.78, 5) is 10.9. The highest BCUT2D eigenvalue weighted by molar-refractivity contribution is 5.92. The number of carbonyl (C=O) groups is 1. The van der Waals surface area contributed by atoms with E-state index in [-0.39, 0.29) is 5.91 Å². The molecule has 0 aliphatic rings. The molecule has 1 atom stereocenters. The molecule has 1 rings (SSSR count). The van der Waals surface area contributed by atoms with E-state index in [1.807, 2.05) is 12.1 Å². The summed E-state index contributed by atoms with van der Waals surface area (Å²) in [6.07, 6.45) is 2.12. The number of primary amides is 1. The van der Waals surface area contributed by atoms with E-state index in [9.17, 15) is 4.79 Å². The van der Waals surface area contributed by atoms with Crippen molar-refractivity contribution in [3.05, 3.63) is 35.4 Å². The van der Waals surface area contributed by atoms with Crippen molar-refractivity contribution in [1.29, 1.82) is 0 Å². The summed E-state index contributed by atoms with van der Waals surface area (Å²) < 4.78 is 0. The second kappa shape index (κ2) is 6.28. The van der Waals surface area contributed by atoms with Crippen molar-refractivity contribution in [1.82, 2.24) is 5.32 Å². The third-order valence-electron chi connectivity index (χ3n) is 2.66. The van der Waals surface area contributed by atoms with Crippen LogP contribution in [-0.2, 0) is 6.42 Å². The fourth-order valence-corrected chi connectivity index (χ4v) is 1.67. The summed E-state index contributed by atoms with van der Waals surface area (Å²) in [7, 11) is 0. The number of nitrogens with two attached hydrogens (primary N) is 1. The average molecular weight is 220 g/mol. The lowest BCUT2D eigenvalue weighted by molar-refractivity contribution is 0.100. The van der Waals surface area contributed by atoms with Gasteiger partial charge in [0.15, 0.2) is 0 Å². The molecule has 0 aliphatic carbocycles. The van der Waals surface area contributed by atoms with E-state index >= 15 is 0 Å². The molecule has 88 valence electrons. The predicted octanol–water partition coefficient (Wildman–Crippen LogP) is 1.72. The van der Waals surface area contributed by atoms with E-state index in [1.54, 1.807) is 12.1 Å². The van der Waals surface area contributed by atoms with E-state index in [0.29, 0.717) is 11.6 Å². The smallest absolute Gasteiger partial charge is 0.248 e. The van der Waals surface area contributed by atoms with Gasteiger partial charge < -0.3 is 11.1 Å². The molecular formula is C13H20N2O. The second-order valence-electron chi connectivity index (χ2n) is 4.06. The topological polar surface area (TPSA) is 55.1 Å². The molecule has 16 heavy (non-hydrogen) atoms. The zero-order valence-corrected chi connectivity index (χ0v) is 9.99. The minimum atomic E-state index is -0.368. The molecule has 0 spiro atoms. The van der Waals surface area contributed by atoms with Gasteiger partial charge in [-0.05, 0) is 44.0 Å². The van der Waals surface area contributed by atoms with Crippen molar-refractivity contribution in [2.75, 3.05) is 6.54 Å². The first kappa shape index (κ1) is 12.7. The lowest BCUT2D eigenvalue weighted by Gasteiger charge is -2.11. The van der Waals surface area contributed by atoms with Gasteiger partial charge in [0.05, 0.1) is 0 Å². The van der Waals surface area contributed by atoms with Crippen molar-refractivity contribution in [2.24, 2.45) is 5.73 Å². The van der Waals surface area contributed by atoms with Gasteiger partial charge in [0.25, 0.3) is 0 Å². The first-order valence-electron chi connectivity index (χ1n) is 5.75. The van der Waals surface area contributed by atoms with Gasteiger partial charge in [0, 0.05) is 11.6 Å². The minimum absolute atomic E-state index is 0.368. The summed E-state index contributed by atoms with van der Waals surface area (Å²) in [6, 6.07) is 8.05. The number of amides is 1. The molecule has 1 aromatic rings. The van der Waals surface area contributed by atoms with Crippen LogP contribution in [0.1, 0.15) is 36.2 Å². The SMILES string of the molecule is CCNC(C)CCc1ccc(C(N)=O)cc1. The second-order valence-corrected chi connectivity index (χ2v) is 4.06. The predicted molar refractivity (Wildman–Crippen MR) is 66.4 cm³/mol. The van der Waals surface area contributed by atoms with Crippen LogP contribution in [0, 0.1) is 0 Å². The Morgan fingerprint density at radius 3 is 2.50 bits per heavy atom. The van der Waals surface area contributed by atoms with Crippen molar-refractivity contribution < 1.29 is 4.79 Å². The summed E-state index contributed by atoms with van der Waals surface area (Å²) in [5.41, 5.74) is 6.99. The van der Waals surface area contributed by atoms with E-state index in [1.165, 1.54) is 5.56 Å². The maximum Gasteiger partial charge on any atom is 0.248 e. The Labute approximate surface area is 97.0 Å². The highest BCUT2D eigenvalue weighted by Crippen LogP contribution is 2.07. The molecule has 0 radical (unpaired) electrons. The Kier molecular flexibility index (Phi) is 4.99. The van der Waals surface area contributed by atoms with E-state index < -0.39 is 0 Å². The molecule has 0 saturated heterocycles. The maximum atomic E-state index is 10.9. The van der Waals surface area contributed by atoms with Crippen molar-refractivity contribution in [2.45, 2.75) is 32.7 Å². The van der Waals surface area contributed by atoms with Gasteiger partial charge in [-0.25, -0.2) is 0 Å². The number of hydrogen-bond acceptors (Lipinski definition) is 2. The number of rotatable bonds is 6. The molecule has 0 saturated carbocycles. The van der Waals surface area contributed by atoms with E-state index in [2.05, 4.69) is 19.2 Å². The Morgan fingerprint density at radius 1 is 1.38 bits per heavy atom. The lowest BCUT2D eigenvalue weighted by atomic mass is 10.0. The van der Waals surface area contributed by atoms with Crippen LogP contribution in [0.4, 0.5) is 0 Å². The largest absolute Gasteiger partial charge is 0.366 e. The molecule has 0 bridgehead atoms. The molecule has 0 aromatic heterocycles. The molecule has 3 N–H and O–H groups in total. The standard InChI is InChI=1S/C13H20N2O/c1-3-15-10(2)4-5-11-6-8-12(9-7-11)13(14)16/h6-10,15H,3-5H2,1-2H3,(H2,14,16). The first-order valence-corrected chi connectivity index (χ1v) is 5.75. The maximum absolute atomic E-state index is 10.9. The van der Waals surface area contributed by atoms with Crippen molar-refractivity contribution >= 4 is 5.91 Å². The highest BCUT2D eigenvalue weighted by atomic mass is 16.1. The molecule has 1 aromatic carbocycles. The fourth-order valence-electron chi connectivity index (χ4n) is 1.67. The number of hydrogen-bond donors (Lipinski definition) is 2. The van der Waals surface area contributed by atoms with E-state index in [0.717, 1.165) is 19.4 Å². The van der Waals surface area contributed by atoms with E-state index in [4.69, 9.17) is 5.73 Å². The molecular weight excluding hydrogens is 200 g/mol. The van der Waals surface area contributed by atoms with Crippen molar-refractivity contribution in [3.63, 3.8) is 0 Å². The number of benzene rings is 1. The number of nitrogens with one attached hydrogen (secondary N) is 1. The van der Waals surface area contributed by atoms with Crippen LogP contribution in [0.2, 0.25) is 0 Å². The molecule has 0 aliphatic heterocycles. The minimum Gasteiger partial charge on any atom is -0.366 e. The highest BCUT2D eigenvalue weighted by Gasteiger charge is 2.02. The van der Waals surface area contributed by atoms with Gasteiger partial charge in [0.1, 0.15) is 0 Å². The van der Waals surface area contributed by atoms with Crippen LogP contribution < -0.4 is 11.1 Å². The zero-order chi connectivity index (χ0) is 12.0. The molecule has 3 heteroatoms. The normalized spacial score (nSPS) is 12.4. The van der Waals surface area contributed by atoms with Gasteiger partial charge in [-0.15, -0.1) is 0 Å². The Balaban J connectivity index is 2.46. The number of aryl methyl sites for hydroxylation is 1. The monoisotopic (exact) mass is 220 g/mol. The fraction of sp³-hybridized carbons (Fsp3) is 0.462. The van der Waals surface area contributed by atoms with Gasteiger partial charge in [0.2, 0.25) is 5.91 Å². The Bertz CT molecular complexity index is 332. The van der Waals surface area contributed by atoms with Crippen LogP contribution in [0.5, 0.6) is 0 Å². The van der Waals surface area contributed by atoms with Crippen LogP contribution in [0.15, 0.2) is 24.3 Å². The quantitative estimate of drug-likeness (QED) is 0.767. The zero-order valence-electron chi connectivity index (χ0n) is 9.99. The molecule has 0 heterocycles. The molecule has 3 nitrogen and oxygen atoms in total. The van der Waals surface area contributed by atoms with Crippen LogP contribution in [0.3, 0.4) is 0 Å². The van der Waals surface area contributed by atoms with Crippen LogP contribution in [0.25, 0.3) is 0 Å². The Hall–Kier alpha value is -1.35. The Morgan fingerprint density at radius 2 is 2.00 bits per heavy atom. The molecule has 0 fully saturated rings. The van der Waals surface area contributed by atoms with Gasteiger partial charge in [-0.2, -0.15) is 0 Å². The molecule has 1 amide bonds. The van der Waals surface area contributed by atoms with Gasteiger partial charge in [-0.1, -0.05) is 19.1 Å². The average Bonchev–Trinajstić information content (AvgIpc) is 2.27. The molecule has 1 unspecified atom stereocenters. The summed E-state index contributed by atoms with van der Waals surface area (Å²) in [5, 5.41) is 3.37. The summed E-state index contributed by atoms with van der Waals surface area (Å²) in [6.45, 7) is 5.29. The van der Waals surface area contributed by atoms with Gasteiger partial charge >= 0.3 is 0 Å². The van der Waals surface area contributed by atoms with Crippen LogP contribution >= 0.6 is 0 Å². The van der Waals surface area contributed by atoms with Gasteiger partial charge in [-0.3, -0.25) is 4.79 Å². The third kappa shape index (κ3) is 4.03.